The number of Topliss-reactive ketones (excluding diaryl/α,β-unsaturated/α-hetero) is 1. The van der Waals surface area contributed by atoms with E-state index in [1.54, 1.807) is 0 Å². The van der Waals surface area contributed by atoms with Gasteiger partial charge in [0.1, 0.15) is 0 Å². The lowest BCUT2D eigenvalue weighted by Crippen LogP contribution is -2.12. The third-order valence-electron chi connectivity index (χ3n) is 1.99. The molecule has 0 N–H and O–H groups in total. The first-order valence-electron chi connectivity index (χ1n) is 4.32. The molecule has 1 aromatic rings. The number of benzene rings is 1. The molecule has 0 aliphatic rings. The number of carbonyl (C=O) groups is 1. The number of ketones is 1. The summed E-state index contributed by atoms with van der Waals surface area (Å²) in [5.41, 5.74) is -3.60. The standard InChI is InChI=1S/C10H6F6O/c1-5(17)6-2-7(9(11,12)13)4-8(3-6)10(14,15)16/h2-4H,1H3. The Morgan fingerprint density at radius 1 is 0.882 bits per heavy atom. The van der Waals surface area contributed by atoms with Crippen LogP contribution in [0, 0.1) is 0 Å². The molecule has 0 spiro atoms. The zero-order valence-corrected chi connectivity index (χ0v) is 8.41. The van der Waals surface area contributed by atoms with Gasteiger partial charge in [-0.25, -0.2) is 0 Å². The van der Waals surface area contributed by atoms with Crippen LogP contribution in [0.3, 0.4) is 0 Å². The summed E-state index contributed by atoms with van der Waals surface area (Å²) in [6, 6.07) is 0.779. The highest BCUT2D eigenvalue weighted by molar-refractivity contribution is 5.94. The third kappa shape index (κ3) is 3.21. The number of carbonyl (C=O) groups excluding carboxylic acids is 1. The Kier molecular flexibility index (Phi) is 3.22. The largest absolute Gasteiger partial charge is 0.416 e. The quantitative estimate of drug-likeness (QED) is 0.549. The number of halogens is 6. The minimum absolute atomic E-state index is 0.0214. The summed E-state index contributed by atoms with van der Waals surface area (Å²) in [4.78, 5) is 10.9. The molecule has 0 amide bonds. The van der Waals surface area contributed by atoms with Gasteiger partial charge >= 0.3 is 12.4 Å². The van der Waals surface area contributed by atoms with Crippen LogP contribution >= 0.6 is 0 Å². The van der Waals surface area contributed by atoms with Crippen molar-refractivity contribution in [1.82, 2.24) is 0 Å². The second-order valence-electron chi connectivity index (χ2n) is 3.35. The molecule has 0 fully saturated rings. The molecule has 94 valence electrons. The fourth-order valence-electron chi connectivity index (χ4n) is 1.16. The van der Waals surface area contributed by atoms with Crippen molar-refractivity contribution in [1.29, 1.82) is 0 Å². The Morgan fingerprint density at radius 2 is 1.24 bits per heavy atom. The molecule has 1 nitrogen and oxygen atoms in total. The van der Waals surface area contributed by atoms with E-state index in [1.165, 1.54) is 0 Å². The maximum Gasteiger partial charge on any atom is 0.416 e. The average Bonchev–Trinajstić information content (AvgIpc) is 2.14. The Labute approximate surface area is 92.0 Å². The van der Waals surface area contributed by atoms with Crippen molar-refractivity contribution >= 4 is 5.78 Å². The number of hydrogen-bond acceptors (Lipinski definition) is 1. The number of rotatable bonds is 1. The van der Waals surface area contributed by atoms with Gasteiger partial charge in [0.25, 0.3) is 0 Å². The van der Waals surface area contributed by atoms with Gasteiger partial charge in [-0.1, -0.05) is 0 Å². The second-order valence-corrected chi connectivity index (χ2v) is 3.35. The summed E-state index contributed by atoms with van der Waals surface area (Å²) >= 11 is 0. The van der Waals surface area contributed by atoms with Crippen molar-refractivity contribution < 1.29 is 31.1 Å². The summed E-state index contributed by atoms with van der Waals surface area (Å²) in [6.07, 6.45) is -9.85. The Bertz CT molecular complexity index is 411. The first kappa shape index (κ1) is 13.5. The van der Waals surface area contributed by atoms with E-state index in [0.717, 1.165) is 6.92 Å². The summed E-state index contributed by atoms with van der Waals surface area (Å²) < 4.78 is 73.9. The molecule has 7 heteroatoms. The fraction of sp³-hybridized carbons (Fsp3) is 0.300. The lowest BCUT2D eigenvalue weighted by Gasteiger charge is -2.12. The second kappa shape index (κ2) is 4.05. The van der Waals surface area contributed by atoms with E-state index in [4.69, 9.17) is 0 Å². The van der Waals surface area contributed by atoms with Crippen molar-refractivity contribution in [3.8, 4) is 0 Å². The molecule has 17 heavy (non-hydrogen) atoms. The minimum atomic E-state index is -4.93. The van der Waals surface area contributed by atoms with Gasteiger partial charge in [0.2, 0.25) is 0 Å². The first-order chi connectivity index (χ1) is 7.51. The first-order valence-corrected chi connectivity index (χ1v) is 4.32. The van der Waals surface area contributed by atoms with Gasteiger partial charge < -0.3 is 0 Å². The van der Waals surface area contributed by atoms with Gasteiger partial charge in [-0.3, -0.25) is 4.79 Å². The lowest BCUT2D eigenvalue weighted by molar-refractivity contribution is -0.143. The zero-order valence-electron chi connectivity index (χ0n) is 8.41. The highest BCUT2D eigenvalue weighted by Gasteiger charge is 2.37. The van der Waals surface area contributed by atoms with Crippen LogP contribution in [-0.2, 0) is 12.4 Å². The SMILES string of the molecule is CC(=O)c1cc(C(F)(F)F)cc(C(F)(F)F)c1. The van der Waals surface area contributed by atoms with Crippen molar-refractivity contribution in [3.63, 3.8) is 0 Å². The highest BCUT2D eigenvalue weighted by Crippen LogP contribution is 2.36. The molecule has 0 unspecified atom stereocenters. The van der Waals surface area contributed by atoms with Crippen LogP contribution in [0.1, 0.15) is 28.4 Å². The Morgan fingerprint density at radius 3 is 1.47 bits per heavy atom. The van der Waals surface area contributed by atoms with Crippen LogP contribution in [0.15, 0.2) is 18.2 Å². The Balaban J connectivity index is 3.45. The molecule has 1 rings (SSSR count). The third-order valence-corrected chi connectivity index (χ3v) is 1.99. The van der Waals surface area contributed by atoms with E-state index in [2.05, 4.69) is 0 Å². The van der Waals surface area contributed by atoms with Crippen LogP contribution in [0.2, 0.25) is 0 Å². The number of hydrogen-bond donors (Lipinski definition) is 0. The van der Waals surface area contributed by atoms with Crippen molar-refractivity contribution in [2.75, 3.05) is 0 Å². The van der Waals surface area contributed by atoms with Gasteiger partial charge in [0.05, 0.1) is 11.1 Å². The normalized spacial score (nSPS) is 12.6. The smallest absolute Gasteiger partial charge is 0.295 e. The van der Waals surface area contributed by atoms with Gasteiger partial charge in [-0.15, -0.1) is 0 Å². The van der Waals surface area contributed by atoms with Crippen LogP contribution in [0.4, 0.5) is 26.3 Å². The summed E-state index contributed by atoms with van der Waals surface area (Å²) in [5, 5.41) is 0. The van der Waals surface area contributed by atoms with Gasteiger partial charge in [-0.2, -0.15) is 26.3 Å². The van der Waals surface area contributed by atoms with E-state index in [1.807, 2.05) is 0 Å². The topological polar surface area (TPSA) is 17.1 Å². The molecule has 0 radical (unpaired) electrons. The molecule has 0 bridgehead atoms. The molecule has 0 saturated carbocycles. The van der Waals surface area contributed by atoms with Crippen molar-refractivity contribution in [2.24, 2.45) is 0 Å². The molecular weight excluding hydrogens is 250 g/mol. The molecule has 1 aromatic carbocycles. The summed E-state index contributed by atoms with van der Waals surface area (Å²) in [7, 11) is 0. The molecule has 0 aliphatic carbocycles. The predicted molar refractivity (Wildman–Crippen MR) is 46.5 cm³/mol. The molecule has 0 saturated heterocycles. The van der Waals surface area contributed by atoms with E-state index < -0.39 is 34.8 Å². The average molecular weight is 256 g/mol. The maximum absolute atomic E-state index is 12.3. The van der Waals surface area contributed by atoms with Crippen LogP contribution < -0.4 is 0 Å². The number of alkyl halides is 6. The Hall–Kier alpha value is -1.53. The predicted octanol–water partition coefficient (Wildman–Crippen LogP) is 3.93. The van der Waals surface area contributed by atoms with E-state index >= 15 is 0 Å². The highest BCUT2D eigenvalue weighted by atomic mass is 19.4. The molecule has 0 aliphatic heterocycles. The van der Waals surface area contributed by atoms with Crippen molar-refractivity contribution in [2.45, 2.75) is 19.3 Å². The molecular formula is C10H6F6O. The van der Waals surface area contributed by atoms with Crippen LogP contribution in [-0.4, -0.2) is 5.78 Å². The maximum atomic E-state index is 12.3. The fourth-order valence-corrected chi connectivity index (χ4v) is 1.16. The van der Waals surface area contributed by atoms with Crippen molar-refractivity contribution in [3.05, 3.63) is 34.9 Å². The molecule has 0 aromatic heterocycles. The van der Waals surface area contributed by atoms with E-state index in [-0.39, 0.29) is 6.07 Å². The zero-order chi connectivity index (χ0) is 13.4. The minimum Gasteiger partial charge on any atom is -0.295 e. The van der Waals surface area contributed by atoms with Crippen LogP contribution in [0.5, 0.6) is 0 Å². The van der Waals surface area contributed by atoms with Gasteiger partial charge in [-0.05, 0) is 25.1 Å². The monoisotopic (exact) mass is 256 g/mol. The van der Waals surface area contributed by atoms with E-state index in [9.17, 15) is 31.1 Å². The van der Waals surface area contributed by atoms with Gasteiger partial charge in [0.15, 0.2) is 5.78 Å². The molecule has 0 atom stereocenters. The van der Waals surface area contributed by atoms with Crippen LogP contribution in [0.25, 0.3) is 0 Å². The summed E-state index contributed by atoms with van der Waals surface area (Å²) in [5.74, 6) is -0.860. The van der Waals surface area contributed by atoms with Gasteiger partial charge in [0, 0.05) is 5.56 Å². The molecule has 0 heterocycles. The summed E-state index contributed by atoms with van der Waals surface area (Å²) in [6.45, 7) is 0.898. The van der Waals surface area contributed by atoms with E-state index in [0.29, 0.717) is 12.1 Å². The lowest BCUT2D eigenvalue weighted by atomic mass is 10.0.